The average molecular weight is 474 g/mol. The van der Waals surface area contributed by atoms with Crippen LogP contribution in [0.3, 0.4) is 0 Å². The fourth-order valence-electron chi connectivity index (χ4n) is 2.68. The molecule has 0 aliphatic heterocycles. The number of halogens is 2. The minimum Gasteiger partial charge on any atom is -0.480 e. The van der Waals surface area contributed by atoms with Crippen LogP contribution in [0.2, 0.25) is 5.02 Å². The molecule has 4 heterocycles. The van der Waals surface area contributed by atoms with Crippen molar-refractivity contribution in [3.8, 4) is 17.7 Å². The number of rotatable bonds is 4. The number of sulfonamides is 1. The molecule has 0 unspecified atom stereocenters. The van der Waals surface area contributed by atoms with E-state index in [1.807, 2.05) is 0 Å². The van der Waals surface area contributed by atoms with E-state index in [-0.39, 0.29) is 21.4 Å². The topological polar surface area (TPSA) is 137 Å². The number of nitrogens with one attached hydrogen (secondary N) is 1. The molecule has 4 aromatic rings. The van der Waals surface area contributed by atoms with Gasteiger partial charge in [0, 0.05) is 18.6 Å². The molecule has 32 heavy (non-hydrogen) atoms. The normalized spacial score (nSPS) is 11.1. The predicted octanol–water partition coefficient (Wildman–Crippen LogP) is 2.10. The van der Waals surface area contributed by atoms with Crippen LogP contribution in [0, 0.1) is 17.7 Å². The van der Waals surface area contributed by atoms with Crippen molar-refractivity contribution in [3.63, 3.8) is 0 Å². The van der Waals surface area contributed by atoms with Gasteiger partial charge in [-0.1, -0.05) is 23.4 Å². The highest BCUT2D eigenvalue weighted by Crippen LogP contribution is 2.27. The zero-order chi connectivity index (χ0) is 22.9. The van der Waals surface area contributed by atoms with E-state index >= 15 is 0 Å². The molecule has 0 aliphatic carbocycles. The number of hydrogen-bond donors (Lipinski definition) is 2. The molecule has 3 N–H and O–H groups in total. The second kappa shape index (κ2) is 8.29. The number of nitrogen functional groups attached to an aromatic ring is 1. The Balaban J connectivity index is 1.69. The Bertz CT molecular complexity index is 1510. The summed E-state index contributed by atoms with van der Waals surface area (Å²) in [4.78, 5) is 11.3. The molecule has 0 atom stereocenters. The van der Waals surface area contributed by atoms with Crippen molar-refractivity contribution in [3.05, 3.63) is 65.0 Å². The van der Waals surface area contributed by atoms with Gasteiger partial charge in [0.25, 0.3) is 10.0 Å². The first-order valence-electron chi connectivity index (χ1n) is 8.77. The summed E-state index contributed by atoms with van der Waals surface area (Å²) in [7, 11) is -3.08. The van der Waals surface area contributed by atoms with Crippen LogP contribution >= 0.6 is 11.6 Å². The molecule has 0 aliphatic rings. The second-order valence-corrected chi connectivity index (χ2v) is 8.29. The summed E-state index contributed by atoms with van der Waals surface area (Å²) >= 11 is 5.84. The minimum absolute atomic E-state index is 0.0573. The predicted molar refractivity (Wildman–Crippen MR) is 114 cm³/mol. The Labute approximate surface area is 186 Å². The number of anilines is 2. The standard InChI is InChI=1S/C19H13ClFN7O3S/c1-31-19-14(8-13(20)10-25-19)32(29,30)27-17-16(21)11(4-6-23-17)2-3-12-9-26-28-15(22)5-7-24-18(12)28/h4-10H,22H2,1H3,(H,23,27). The molecule has 10 nitrogen and oxygen atoms in total. The van der Waals surface area contributed by atoms with Crippen LogP contribution in [-0.4, -0.2) is 40.1 Å². The molecule has 0 radical (unpaired) electrons. The van der Waals surface area contributed by atoms with Crippen molar-refractivity contribution in [2.75, 3.05) is 17.6 Å². The minimum atomic E-state index is -4.32. The summed E-state index contributed by atoms with van der Waals surface area (Å²) < 4.78 is 48.9. The van der Waals surface area contributed by atoms with Crippen molar-refractivity contribution in [2.24, 2.45) is 0 Å². The van der Waals surface area contributed by atoms with Crippen LogP contribution in [0.25, 0.3) is 5.65 Å². The first kappa shape index (κ1) is 21.3. The third-order valence-corrected chi connectivity index (χ3v) is 5.69. The third-order valence-electron chi connectivity index (χ3n) is 4.15. The molecule has 4 aromatic heterocycles. The Morgan fingerprint density at radius 2 is 1.91 bits per heavy atom. The molecule has 0 aromatic carbocycles. The van der Waals surface area contributed by atoms with Gasteiger partial charge in [-0.2, -0.15) is 9.61 Å². The van der Waals surface area contributed by atoms with Gasteiger partial charge in [-0.3, -0.25) is 4.72 Å². The highest BCUT2D eigenvalue weighted by atomic mass is 35.5. The number of nitrogens with two attached hydrogens (primary N) is 1. The SMILES string of the molecule is COc1ncc(Cl)cc1S(=O)(=O)Nc1nccc(C#Cc2cnn3c(N)ccnc23)c1F. The van der Waals surface area contributed by atoms with Gasteiger partial charge in [-0.15, -0.1) is 0 Å². The monoisotopic (exact) mass is 473 g/mol. The van der Waals surface area contributed by atoms with Gasteiger partial charge in [-0.25, -0.2) is 27.8 Å². The van der Waals surface area contributed by atoms with Crippen LogP contribution in [0.5, 0.6) is 5.88 Å². The number of methoxy groups -OCH3 is 1. The van der Waals surface area contributed by atoms with Crippen LogP contribution < -0.4 is 15.2 Å². The lowest BCUT2D eigenvalue weighted by atomic mass is 10.2. The molecule has 4 rings (SSSR count). The Morgan fingerprint density at radius 1 is 1.16 bits per heavy atom. The summed E-state index contributed by atoms with van der Waals surface area (Å²) in [6, 6.07) is 4.00. The molecular weight excluding hydrogens is 461 g/mol. The first-order valence-corrected chi connectivity index (χ1v) is 10.6. The van der Waals surface area contributed by atoms with Crippen molar-refractivity contribution in [1.82, 2.24) is 24.6 Å². The van der Waals surface area contributed by atoms with Gasteiger partial charge in [0.15, 0.2) is 22.2 Å². The fraction of sp³-hybridized carbons (Fsp3) is 0.0526. The van der Waals surface area contributed by atoms with Crippen molar-refractivity contribution in [2.45, 2.75) is 4.90 Å². The van der Waals surface area contributed by atoms with E-state index in [1.165, 1.54) is 42.5 Å². The van der Waals surface area contributed by atoms with E-state index in [2.05, 4.69) is 36.6 Å². The third kappa shape index (κ3) is 3.98. The molecule has 0 bridgehead atoms. The lowest BCUT2D eigenvalue weighted by Crippen LogP contribution is -2.17. The first-order chi connectivity index (χ1) is 15.3. The number of fused-ring (bicyclic) bond motifs is 1. The lowest BCUT2D eigenvalue weighted by Gasteiger charge is -2.11. The molecule has 0 saturated heterocycles. The van der Waals surface area contributed by atoms with Gasteiger partial charge < -0.3 is 10.5 Å². The van der Waals surface area contributed by atoms with Gasteiger partial charge in [0.1, 0.15) is 5.82 Å². The summed E-state index contributed by atoms with van der Waals surface area (Å²) in [5.41, 5.74) is 6.52. The van der Waals surface area contributed by atoms with Gasteiger partial charge in [0.2, 0.25) is 5.88 Å². The van der Waals surface area contributed by atoms with E-state index in [4.69, 9.17) is 22.1 Å². The summed E-state index contributed by atoms with van der Waals surface area (Å²) in [5, 5.41) is 4.13. The van der Waals surface area contributed by atoms with Crippen LogP contribution in [0.1, 0.15) is 11.1 Å². The molecule has 13 heteroatoms. The quantitative estimate of drug-likeness (QED) is 0.430. The molecule has 162 valence electrons. The maximum absolute atomic E-state index is 15.0. The van der Waals surface area contributed by atoms with E-state index in [1.54, 1.807) is 6.07 Å². The number of ether oxygens (including phenoxy) is 1. The maximum atomic E-state index is 15.0. The molecular formula is C19H13ClFN7O3S. The zero-order valence-electron chi connectivity index (χ0n) is 16.2. The Hall–Kier alpha value is -3.95. The van der Waals surface area contributed by atoms with Crippen molar-refractivity contribution >= 4 is 38.9 Å². The zero-order valence-corrected chi connectivity index (χ0v) is 17.8. The van der Waals surface area contributed by atoms with Gasteiger partial charge in [0.05, 0.1) is 29.5 Å². The Morgan fingerprint density at radius 3 is 2.69 bits per heavy atom. The summed E-state index contributed by atoms with van der Waals surface area (Å²) in [6.45, 7) is 0. The number of nitrogens with zero attached hydrogens (tertiary/aromatic N) is 5. The van der Waals surface area contributed by atoms with E-state index in [0.29, 0.717) is 17.0 Å². The lowest BCUT2D eigenvalue weighted by molar-refractivity contribution is 0.385. The Kier molecular flexibility index (Phi) is 5.52. The molecule has 0 fully saturated rings. The highest BCUT2D eigenvalue weighted by Gasteiger charge is 2.24. The van der Waals surface area contributed by atoms with Gasteiger partial charge in [-0.05, 0) is 18.2 Å². The average Bonchev–Trinajstić information content (AvgIpc) is 3.19. The maximum Gasteiger partial charge on any atom is 0.268 e. The second-order valence-electron chi connectivity index (χ2n) is 6.20. The number of pyridine rings is 2. The smallest absolute Gasteiger partial charge is 0.268 e. The van der Waals surface area contributed by atoms with Crippen molar-refractivity contribution < 1.29 is 17.5 Å². The molecule has 0 saturated carbocycles. The van der Waals surface area contributed by atoms with E-state index in [9.17, 15) is 12.8 Å². The van der Waals surface area contributed by atoms with Crippen LogP contribution in [0.4, 0.5) is 16.0 Å². The van der Waals surface area contributed by atoms with E-state index < -0.39 is 21.7 Å². The van der Waals surface area contributed by atoms with Crippen LogP contribution in [-0.2, 0) is 10.0 Å². The summed E-state index contributed by atoms with van der Waals surface area (Å²) in [6.07, 6.45) is 5.37. The largest absolute Gasteiger partial charge is 0.480 e. The number of hydrogen-bond acceptors (Lipinski definition) is 8. The molecule has 0 amide bonds. The highest BCUT2D eigenvalue weighted by molar-refractivity contribution is 7.92. The van der Waals surface area contributed by atoms with Gasteiger partial charge >= 0.3 is 0 Å². The van der Waals surface area contributed by atoms with Crippen molar-refractivity contribution in [1.29, 1.82) is 0 Å². The van der Waals surface area contributed by atoms with Crippen LogP contribution in [0.15, 0.2) is 47.9 Å². The fourth-order valence-corrected chi connectivity index (χ4v) is 4.06. The number of aromatic nitrogens is 5. The summed E-state index contributed by atoms with van der Waals surface area (Å²) in [5.74, 6) is 4.01. The van der Waals surface area contributed by atoms with E-state index in [0.717, 1.165) is 6.07 Å². The molecule has 0 spiro atoms.